The van der Waals surface area contributed by atoms with Crippen LogP contribution in [0.2, 0.25) is 0 Å². The third kappa shape index (κ3) is 2.14. The Kier molecular flexibility index (Phi) is 3.32. The van der Waals surface area contributed by atoms with Crippen LogP contribution in [0, 0.1) is 0 Å². The number of hydrogen-bond acceptors (Lipinski definition) is 6. The van der Waals surface area contributed by atoms with Crippen molar-refractivity contribution in [2.75, 3.05) is 13.3 Å². The van der Waals surface area contributed by atoms with Crippen molar-refractivity contribution in [1.29, 1.82) is 0 Å². The first-order chi connectivity index (χ1) is 7.96. The fourth-order valence-electron chi connectivity index (χ4n) is 1.86. The molecule has 2 rings (SSSR count). The molecule has 6 nitrogen and oxygen atoms in total. The highest BCUT2D eigenvalue weighted by atomic mass is 19.3. The zero-order chi connectivity index (χ0) is 12.6. The molecule has 4 atom stereocenters. The summed E-state index contributed by atoms with van der Waals surface area (Å²) < 4.78 is 32.4. The lowest BCUT2D eigenvalue weighted by atomic mass is 10.1. The van der Waals surface area contributed by atoms with Gasteiger partial charge in [0.25, 0.3) is 0 Å². The molecule has 5 N–H and O–H groups in total. The number of aliphatic hydroxyl groups is 2. The number of nitrogens with one attached hydrogen (secondary N) is 1. The Morgan fingerprint density at radius 2 is 2.29 bits per heavy atom. The van der Waals surface area contributed by atoms with Crippen LogP contribution in [0.5, 0.6) is 0 Å². The fraction of sp³-hybridized carbons (Fsp3) is 0.778. The molecule has 0 saturated carbocycles. The number of ether oxygens (including phenoxy) is 1. The van der Waals surface area contributed by atoms with E-state index in [4.69, 9.17) is 15.6 Å². The lowest BCUT2D eigenvalue weighted by Crippen LogP contribution is -2.54. The largest absolute Gasteiger partial charge is 0.394 e. The third-order valence-electron chi connectivity index (χ3n) is 2.86. The highest BCUT2D eigenvalue weighted by Crippen LogP contribution is 2.38. The van der Waals surface area contributed by atoms with Crippen molar-refractivity contribution in [3.63, 3.8) is 0 Å². The molecular formula is C9H15F2N3O3. The first-order valence-electron chi connectivity index (χ1n) is 5.22. The summed E-state index contributed by atoms with van der Waals surface area (Å²) in [5.74, 6) is -3.44. The van der Waals surface area contributed by atoms with Crippen LogP contribution >= 0.6 is 0 Å². The van der Waals surface area contributed by atoms with Gasteiger partial charge in [-0.1, -0.05) is 0 Å². The molecule has 1 unspecified atom stereocenters. The van der Waals surface area contributed by atoms with Crippen LogP contribution < -0.4 is 11.1 Å². The summed E-state index contributed by atoms with van der Waals surface area (Å²) >= 11 is 0. The molecule has 0 spiro atoms. The van der Waals surface area contributed by atoms with Gasteiger partial charge in [-0.2, -0.15) is 8.78 Å². The predicted molar refractivity (Wildman–Crippen MR) is 53.7 cm³/mol. The molecule has 0 bridgehead atoms. The molecule has 2 aliphatic heterocycles. The first-order valence-corrected chi connectivity index (χ1v) is 5.22. The number of nitrogens with zero attached hydrogens (tertiary/aromatic N) is 1. The normalized spacial score (nSPS) is 40.9. The van der Waals surface area contributed by atoms with Crippen LogP contribution in [-0.4, -0.2) is 58.9 Å². The van der Waals surface area contributed by atoms with E-state index in [0.29, 0.717) is 0 Å². The summed E-state index contributed by atoms with van der Waals surface area (Å²) in [5.41, 5.74) is 5.50. The average molecular weight is 251 g/mol. The average Bonchev–Trinajstić information content (AvgIpc) is 2.53. The Morgan fingerprint density at radius 3 is 2.76 bits per heavy atom. The van der Waals surface area contributed by atoms with Gasteiger partial charge in [0.05, 0.1) is 19.4 Å². The summed E-state index contributed by atoms with van der Waals surface area (Å²) in [7, 11) is 0. The van der Waals surface area contributed by atoms with Crippen LogP contribution in [0.4, 0.5) is 8.78 Å². The van der Waals surface area contributed by atoms with E-state index in [2.05, 4.69) is 5.32 Å². The molecule has 0 aliphatic carbocycles. The van der Waals surface area contributed by atoms with E-state index in [1.165, 1.54) is 17.2 Å². The van der Waals surface area contributed by atoms with Gasteiger partial charge in [-0.15, -0.1) is 0 Å². The number of halogens is 2. The number of alkyl halides is 2. The van der Waals surface area contributed by atoms with Crippen LogP contribution in [0.1, 0.15) is 0 Å². The van der Waals surface area contributed by atoms with E-state index in [-0.39, 0.29) is 12.8 Å². The SMILES string of the molecule is NC1C=CN([C@@H]2O[C@H](CO)[C@@H](O)C2(F)F)CN1. The van der Waals surface area contributed by atoms with E-state index in [9.17, 15) is 13.9 Å². The molecule has 0 radical (unpaired) electrons. The highest BCUT2D eigenvalue weighted by molar-refractivity contribution is 5.03. The maximum absolute atomic E-state index is 13.7. The fourth-order valence-corrected chi connectivity index (χ4v) is 1.86. The number of nitrogens with two attached hydrogens (primary N) is 1. The van der Waals surface area contributed by atoms with Crippen LogP contribution in [0.25, 0.3) is 0 Å². The maximum Gasteiger partial charge on any atom is 0.319 e. The van der Waals surface area contributed by atoms with Crippen molar-refractivity contribution < 1.29 is 23.7 Å². The standard InChI is InChI=1S/C9H15F2N3O3/c10-9(11)7(16)5(3-15)17-8(9)14-2-1-6(12)13-4-14/h1-2,5-8,13,15-16H,3-4,12H2/t5-,6?,7-,8-/m1/s1. The smallest absolute Gasteiger partial charge is 0.319 e. The van der Waals surface area contributed by atoms with Gasteiger partial charge in [0.1, 0.15) is 6.10 Å². The van der Waals surface area contributed by atoms with E-state index in [1.54, 1.807) is 0 Å². The van der Waals surface area contributed by atoms with E-state index in [0.717, 1.165) is 0 Å². The Balaban J connectivity index is 2.13. The van der Waals surface area contributed by atoms with Gasteiger partial charge >= 0.3 is 5.92 Å². The van der Waals surface area contributed by atoms with Crippen molar-refractivity contribution in [2.24, 2.45) is 5.73 Å². The second-order valence-electron chi connectivity index (χ2n) is 4.07. The Bertz CT molecular complexity index is 316. The maximum atomic E-state index is 13.7. The summed E-state index contributed by atoms with van der Waals surface area (Å²) in [5, 5.41) is 20.9. The minimum Gasteiger partial charge on any atom is -0.394 e. The van der Waals surface area contributed by atoms with Crippen molar-refractivity contribution in [3.05, 3.63) is 12.3 Å². The summed E-state index contributed by atoms with van der Waals surface area (Å²) in [6.07, 6.45) is -2.39. The molecular weight excluding hydrogens is 236 g/mol. The summed E-state index contributed by atoms with van der Waals surface area (Å²) in [4.78, 5) is 1.20. The second kappa shape index (κ2) is 4.46. The van der Waals surface area contributed by atoms with Crippen LogP contribution in [0.15, 0.2) is 12.3 Å². The lowest BCUT2D eigenvalue weighted by Gasteiger charge is -2.34. The molecule has 2 heterocycles. The zero-order valence-electron chi connectivity index (χ0n) is 8.96. The van der Waals surface area contributed by atoms with E-state index < -0.39 is 31.0 Å². The van der Waals surface area contributed by atoms with Crippen LogP contribution in [0.3, 0.4) is 0 Å². The summed E-state index contributed by atoms with van der Waals surface area (Å²) in [6, 6.07) is 0. The summed E-state index contributed by atoms with van der Waals surface area (Å²) in [6.45, 7) is -0.569. The molecule has 2 aliphatic rings. The van der Waals surface area contributed by atoms with Gasteiger partial charge in [0.15, 0.2) is 12.3 Å². The van der Waals surface area contributed by atoms with Gasteiger partial charge in [-0.25, -0.2) is 0 Å². The van der Waals surface area contributed by atoms with Gasteiger partial charge in [-0.3, -0.25) is 5.32 Å². The van der Waals surface area contributed by atoms with Crippen molar-refractivity contribution in [1.82, 2.24) is 10.2 Å². The monoisotopic (exact) mass is 251 g/mol. The van der Waals surface area contributed by atoms with Gasteiger partial charge in [0.2, 0.25) is 0 Å². The van der Waals surface area contributed by atoms with Crippen molar-refractivity contribution >= 4 is 0 Å². The molecule has 0 aromatic carbocycles. The topological polar surface area (TPSA) is 91.0 Å². The van der Waals surface area contributed by atoms with E-state index in [1.807, 2.05) is 0 Å². The van der Waals surface area contributed by atoms with Gasteiger partial charge in [0, 0.05) is 6.20 Å². The lowest BCUT2D eigenvalue weighted by molar-refractivity contribution is -0.158. The molecule has 8 heteroatoms. The number of hydrogen-bond donors (Lipinski definition) is 4. The minimum atomic E-state index is -3.44. The Morgan fingerprint density at radius 1 is 1.59 bits per heavy atom. The molecule has 0 amide bonds. The molecule has 17 heavy (non-hydrogen) atoms. The van der Waals surface area contributed by atoms with Crippen molar-refractivity contribution in [3.8, 4) is 0 Å². The van der Waals surface area contributed by atoms with E-state index >= 15 is 0 Å². The molecule has 0 aromatic heterocycles. The van der Waals surface area contributed by atoms with Crippen molar-refractivity contribution in [2.45, 2.75) is 30.5 Å². The van der Waals surface area contributed by atoms with Gasteiger partial charge < -0.3 is 25.6 Å². The van der Waals surface area contributed by atoms with Gasteiger partial charge in [-0.05, 0) is 6.08 Å². The van der Waals surface area contributed by atoms with Crippen LogP contribution in [-0.2, 0) is 4.74 Å². The quantitative estimate of drug-likeness (QED) is 0.470. The predicted octanol–water partition coefficient (Wildman–Crippen LogP) is -1.64. The Labute approximate surface area is 96.6 Å². The molecule has 1 fully saturated rings. The zero-order valence-corrected chi connectivity index (χ0v) is 8.96. The molecule has 1 saturated heterocycles. The Hall–Kier alpha value is -0.800. The minimum absolute atomic E-state index is 0.0861. The third-order valence-corrected chi connectivity index (χ3v) is 2.86. The number of aliphatic hydroxyl groups excluding tert-OH is 2. The highest BCUT2D eigenvalue weighted by Gasteiger charge is 2.60. The molecule has 98 valence electrons. The first kappa shape index (κ1) is 12.7. The second-order valence-corrected chi connectivity index (χ2v) is 4.07. The number of rotatable bonds is 2. The molecule has 0 aromatic rings.